The Labute approximate surface area is 188 Å². The maximum Gasteiger partial charge on any atom is 0.213 e. The summed E-state index contributed by atoms with van der Waals surface area (Å²) in [4.78, 5) is 0. The molecule has 1 aromatic heterocycles. The van der Waals surface area contributed by atoms with Gasteiger partial charge in [-0.3, -0.25) is 0 Å². The molecule has 5 rings (SSSR count). The predicted octanol–water partition coefficient (Wildman–Crippen LogP) is 7.36. The standard InChI is InChI=1S/C30H36N/c1-19-7-10-25-26-16-23(22-11-13-30(4,5)14-12-22)8-9-24(26)17-27(25)29(19)28-15-20(2)21(3)18-31(28)6/h7-10,15-16,18,22H,11-14,17H2,1-6H3/q+1. The number of benzene rings is 2. The third-order valence-electron chi connectivity index (χ3n) is 8.12. The highest BCUT2D eigenvalue weighted by Gasteiger charge is 2.30. The summed E-state index contributed by atoms with van der Waals surface area (Å²) < 4.78 is 2.31. The highest BCUT2D eigenvalue weighted by molar-refractivity contribution is 5.85. The number of hydrogen-bond acceptors (Lipinski definition) is 0. The lowest BCUT2D eigenvalue weighted by Gasteiger charge is -2.34. The van der Waals surface area contributed by atoms with E-state index < -0.39 is 0 Å². The number of nitrogens with zero attached hydrogens (tertiary/aromatic N) is 1. The van der Waals surface area contributed by atoms with Crippen molar-refractivity contribution in [3.8, 4) is 22.4 Å². The van der Waals surface area contributed by atoms with Crippen LogP contribution in [0.3, 0.4) is 0 Å². The third kappa shape index (κ3) is 3.53. The van der Waals surface area contributed by atoms with Crippen LogP contribution in [0.4, 0.5) is 0 Å². The first-order chi connectivity index (χ1) is 14.7. The number of fused-ring (bicyclic) bond motifs is 3. The first kappa shape index (κ1) is 20.5. The lowest BCUT2D eigenvalue weighted by Crippen LogP contribution is -2.32. The third-order valence-corrected chi connectivity index (χ3v) is 8.12. The average molecular weight is 411 g/mol. The second-order valence-electron chi connectivity index (χ2n) is 11.0. The lowest BCUT2D eigenvalue weighted by molar-refractivity contribution is -0.660. The number of hydrogen-bond donors (Lipinski definition) is 0. The summed E-state index contributed by atoms with van der Waals surface area (Å²) in [5.41, 5.74) is 14.9. The molecule has 31 heavy (non-hydrogen) atoms. The predicted molar refractivity (Wildman–Crippen MR) is 130 cm³/mol. The second kappa shape index (κ2) is 7.33. The molecular weight excluding hydrogens is 374 g/mol. The first-order valence-electron chi connectivity index (χ1n) is 12.0. The highest BCUT2D eigenvalue weighted by Crippen LogP contribution is 2.46. The Morgan fingerprint density at radius 3 is 2.32 bits per heavy atom. The highest BCUT2D eigenvalue weighted by atomic mass is 14.9. The Morgan fingerprint density at radius 2 is 1.58 bits per heavy atom. The van der Waals surface area contributed by atoms with Crippen molar-refractivity contribution >= 4 is 0 Å². The van der Waals surface area contributed by atoms with E-state index in [9.17, 15) is 0 Å². The molecule has 0 amide bonds. The Bertz CT molecular complexity index is 1170. The van der Waals surface area contributed by atoms with Gasteiger partial charge in [0, 0.05) is 11.6 Å². The van der Waals surface area contributed by atoms with E-state index in [1.54, 1.807) is 5.56 Å². The van der Waals surface area contributed by atoms with Crippen molar-refractivity contribution in [3.63, 3.8) is 0 Å². The van der Waals surface area contributed by atoms with Crippen molar-refractivity contribution in [2.45, 2.75) is 72.6 Å². The van der Waals surface area contributed by atoms with Gasteiger partial charge in [-0.15, -0.1) is 0 Å². The SMILES string of the molecule is Cc1cc(-c2c(C)ccc3c2Cc2ccc(C4CCC(C)(C)CC4)cc2-3)[n+](C)cc1C. The minimum atomic E-state index is 0.522. The lowest BCUT2D eigenvalue weighted by atomic mass is 9.71. The minimum absolute atomic E-state index is 0.522. The molecule has 160 valence electrons. The fourth-order valence-electron chi connectivity index (χ4n) is 5.86. The maximum atomic E-state index is 2.53. The molecule has 0 atom stereocenters. The largest absolute Gasteiger partial charge is 0.213 e. The van der Waals surface area contributed by atoms with E-state index in [1.807, 2.05) is 0 Å². The summed E-state index contributed by atoms with van der Waals surface area (Å²) in [7, 11) is 2.19. The van der Waals surface area contributed by atoms with E-state index >= 15 is 0 Å². The summed E-state index contributed by atoms with van der Waals surface area (Å²) in [6, 6.07) is 14.4. The van der Waals surface area contributed by atoms with Crippen molar-refractivity contribution in [2.24, 2.45) is 12.5 Å². The zero-order valence-electron chi connectivity index (χ0n) is 20.1. The molecule has 3 aromatic rings. The molecule has 0 unspecified atom stereocenters. The number of aryl methyl sites for hydroxylation is 4. The Balaban J connectivity index is 1.58. The molecule has 2 aliphatic carbocycles. The maximum absolute atomic E-state index is 2.53. The first-order valence-corrected chi connectivity index (χ1v) is 12.0. The molecule has 0 spiro atoms. The van der Waals surface area contributed by atoms with Crippen LogP contribution in [-0.2, 0) is 13.5 Å². The van der Waals surface area contributed by atoms with Gasteiger partial charge in [0.2, 0.25) is 5.69 Å². The molecule has 0 N–H and O–H groups in total. The molecule has 1 fully saturated rings. The fourth-order valence-corrected chi connectivity index (χ4v) is 5.86. The van der Waals surface area contributed by atoms with E-state index in [1.165, 1.54) is 75.9 Å². The number of rotatable bonds is 2. The molecule has 0 aliphatic heterocycles. The van der Waals surface area contributed by atoms with Gasteiger partial charge in [-0.05, 0) is 103 Å². The normalized spacial score (nSPS) is 17.5. The van der Waals surface area contributed by atoms with Crippen LogP contribution < -0.4 is 4.57 Å². The van der Waals surface area contributed by atoms with Crippen molar-refractivity contribution < 1.29 is 4.57 Å². The van der Waals surface area contributed by atoms with Crippen LogP contribution in [0.15, 0.2) is 42.6 Å². The molecule has 2 aromatic carbocycles. The van der Waals surface area contributed by atoms with Crippen molar-refractivity contribution in [1.29, 1.82) is 0 Å². The van der Waals surface area contributed by atoms with E-state index in [0.29, 0.717) is 5.41 Å². The van der Waals surface area contributed by atoms with Gasteiger partial charge in [0.25, 0.3) is 0 Å². The summed E-state index contributed by atoms with van der Waals surface area (Å²) >= 11 is 0. The van der Waals surface area contributed by atoms with Crippen molar-refractivity contribution in [1.82, 2.24) is 0 Å². The fraction of sp³-hybridized carbons (Fsp3) is 0.433. The molecule has 0 bridgehead atoms. The average Bonchev–Trinajstić information content (AvgIpc) is 3.09. The van der Waals surface area contributed by atoms with E-state index in [2.05, 4.69) is 88.8 Å². The second-order valence-corrected chi connectivity index (χ2v) is 11.0. The van der Waals surface area contributed by atoms with Crippen LogP contribution in [0.25, 0.3) is 22.4 Å². The minimum Gasteiger partial charge on any atom is -0.201 e. The summed E-state index contributed by atoms with van der Waals surface area (Å²) in [6.07, 6.45) is 8.67. The Hall–Kier alpha value is -2.41. The van der Waals surface area contributed by atoms with Crippen LogP contribution in [0, 0.1) is 26.2 Å². The molecule has 0 radical (unpaired) electrons. The summed E-state index contributed by atoms with van der Waals surface area (Å²) in [5, 5.41) is 0. The van der Waals surface area contributed by atoms with Gasteiger partial charge in [0.1, 0.15) is 7.05 Å². The summed E-state index contributed by atoms with van der Waals surface area (Å²) in [6.45, 7) is 11.6. The van der Waals surface area contributed by atoms with E-state index in [-0.39, 0.29) is 0 Å². The van der Waals surface area contributed by atoms with Crippen LogP contribution in [0.5, 0.6) is 0 Å². The van der Waals surface area contributed by atoms with Crippen molar-refractivity contribution in [2.75, 3.05) is 0 Å². The van der Waals surface area contributed by atoms with Gasteiger partial charge >= 0.3 is 0 Å². The van der Waals surface area contributed by atoms with Gasteiger partial charge in [-0.1, -0.05) is 44.2 Å². The Kier molecular flexibility index (Phi) is 4.84. The molecule has 1 heteroatoms. The topological polar surface area (TPSA) is 3.88 Å². The molecule has 0 saturated heterocycles. The monoisotopic (exact) mass is 410 g/mol. The molecule has 1 nitrogen and oxygen atoms in total. The van der Waals surface area contributed by atoms with Gasteiger partial charge in [-0.25, -0.2) is 4.57 Å². The van der Waals surface area contributed by atoms with E-state index in [4.69, 9.17) is 0 Å². The molecular formula is C30H36N+. The van der Waals surface area contributed by atoms with Crippen LogP contribution >= 0.6 is 0 Å². The zero-order chi connectivity index (χ0) is 21.9. The van der Waals surface area contributed by atoms with Crippen molar-refractivity contribution in [3.05, 3.63) is 76.0 Å². The van der Waals surface area contributed by atoms with Crippen LogP contribution in [0.2, 0.25) is 0 Å². The van der Waals surface area contributed by atoms with Gasteiger partial charge < -0.3 is 0 Å². The Morgan fingerprint density at radius 1 is 0.839 bits per heavy atom. The smallest absolute Gasteiger partial charge is 0.201 e. The number of aromatic nitrogens is 1. The van der Waals surface area contributed by atoms with E-state index in [0.717, 1.165) is 12.3 Å². The van der Waals surface area contributed by atoms with Gasteiger partial charge in [-0.2, -0.15) is 0 Å². The van der Waals surface area contributed by atoms with Crippen LogP contribution in [-0.4, -0.2) is 0 Å². The quantitative estimate of drug-likeness (QED) is 0.304. The molecule has 1 heterocycles. The number of pyridine rings is 1. The summed E-state index contributed by atoms with van der Waals surface area (Å²) in [5.74, 6) is 0.727. The van der Waals surface area contributed by atoms with Gasteiger partial charge in [0.15, 0.2) is 6.20 Å². The molecule has 2 aliphatic rings. The van der Waals surface area contributed by atoms with Crippen LogP contribution in [0.1, 0.15) is 78.8 Å². The zero-order valence-corrected chi connectivity index (χ0v) is 20.1. The molecule has 1 saturated carbocycles. The van der Waals surface area contributed by atoms with Gasteiger partial charge in [0.05, 0.1) is 5.56 Å².